The lowest BCUT2D eigenvalue weighted by Crippen LogP contribution is -2.24. The zero-order valence-corrected chi connectivity index (χ0v) is 8.34. The summed E-state index contributed by atoms with van der Waals surface area (Å²) in [5, 5.41) is 9.53. The van der Waals surface area contributed by atoms with Crippen molar-refractivity contribution in [2.45, 2.75) is 13.0 Å². The molecule has 0 spiro atoms. The van der Waals surface area contributed by atoms with Gasteiger partial charge in [0, 0.05) is 0 Å². The molecular formula is C9H10N4O3. The Morgan fingerprint density at radius 2 is 2.38 bits per heavy atom. The van der Waals surface area contributed by atoms with Crippen molar-refractivity contribution < 1.29 is 13.8 Å². The molecule has 2 aromatic heterocycles. The smallest absolute Gasteiger partial charge is 0.226 e. The lowest BCUT2D eigenvalue weighted by molar-refractivity contribution is -0.120. The summed E-state index contributed by atoms with van der Waals surface area (Å²) >= 11 is 0. The molecule has 0 aliphatic heterocycles. The first-order valence-corrected chi connectivity index (χ1v) is 4.61. The number of hydrogen-bond acceptors (Lipinski definition) is 6. The van der Waals surface area contributed by atoms with E-state index in [0.29, 0.717) is 18.0 Å². The summed E-state index contributed by atoms with van der Waals surface area (Å²) < 4.78 is 9.43. The molecule has 0 aromatic carbocycles. The van der Waals surface area contributed by atoms with E-state index in [9.17, 15) is 4.79 Å². The van der Waals surface area contributed by atoms with Gasteiger partial charge in [-0.15, -0.1) is 0 Å². The number of furan rings is 1. The second-order valence-electron chi connectivity index (χ2n) is 3.13. The Hall–Kier alpha value is -2.31. The number of nitrogens with two attached hydrogens (primary N) is 1. The number of carbonyl (C=O) groups is 1. The van der Waals surface area contributed by atoms with Gasteiger partial charge in [-0.3, -0.25) is 4.79 Å². The van der Waals surface area contributed by atoms with E-state index < -0.39 is 0 Å². The monoisotopic (exact) mass is 222 g/mol. The van der Waals surface area contributed by atoms with Gasteiger partial charge in [0.15, 0.2) is 5.82 Å². The Balaban J connectivity index is 1.83. The van der Waals surface area contributed by atoms with Crippen LogP contribution in [0.15, 0.2) is 27.4 Å². The Kier molecular flexibility index (Phi) is 2.86. The van der Waals surface area contributed by atoms with Crippen LogP contribution in [0, 0.1) is 0 Å². The lowest BCUT2D eigenvalue weighted by Gasteiger charge is -2.00. The largest absolute Gasteiger partial charge is 0.467 e. The van der Waals surface area contributed by atoms with Gasteiger partial charge < -0.3 is 15.5 Å². The first-order chi connectivity index (χ1) is 7.75. The summed E-state index contributed by atoms with van der Waals surface area (Å²) in [6.45, 7) is 0.330. The molecule has 0 saturated heterocycles. The molecule has 7 heteroatoms. The van der Waals surface area contributed by atoms with Crippen LogP contribution in [0.1, 0.15) is 11.5 Å². The van der Waals surface area contributed by atoms with Crippen LogP contribution < -0.4 is 11.1 Å². The van der Waals surface area contributed by atoms with Crippen molar-refractivity contribution in [3.8, 4) is 0 Å². The fourth-order valence-corrected chi connectivity index (χ4v) is 1.15. The van der Waals surface area contributed by atoms with Crippen molar-refractivity contribution in [3.05, 3.63) is 29.9 Å². The zero-order chi connectivity index (χ0) is 11.4. The van der Waals surface area contributed by atoms with Crippen LogP contribution in [-0.2, 0) is 17.8 Å². The minimum absolute atomic E-state index is 0.0377. The first-order valence-electron chi connectivity index (χ1n) is 4.61. The van der Waals surface area contributed by atoms with E-state index in [-0.39, 0.29) is 18.1 Å². The van der Waals surface area contributed by atoms with Gasteiger partial charge in [-0.2, -0.15) is 0 Å². The Morgan fingerprint density at radius 1 is 1.50 bits per heavy atom. The maximum absolute atomic E-state index is 11.4. The topological polar surface area (TPSA) is 107 Å². The molecule has 0 aliphatic carbocycles. The summed E-state index contributed by atoms with van der Waals surface area (Å²) in [4.78, 5) is 11.4. The van der Waals surface area contributed by atoms with Crippen molar-refractivity contribution >= 4 is 11.7 Å². The van der Waals surface area contributed by atoms with Crippen LogP contribution in [0.5, 0.6) is 0 Å². The molecule has 0 atom stereocenters. The van der Waals surface area contributed by atoms with Gasteiger partial charge in [-0.25, -0.2) is 4.63 Å². The molecule has 2 aromatic rings. The molecule has 2 rings (SSSR count). The fraction of sp³-hybridized carbons (Fsp3) is 0.222. The van der Waals surface area contributed by atoms with E-state index >= 15 is 0 Å². The molecule has 0 saturated carbocycles. The van der Waals surface area contributed by atoms with E-state index in [1.54, 1.807) is 18.4 Å². The first kappa shape index (κ1) is 10.2. The van der Waals surface area contributed by atoms with Gasteiger partial charge in [0.05, 0.1) is 19.2 Å². The van der Waals surface area contributed by atoms with Crippen LogP contribution in [0.2, 0.25) is 0 Å². The summed E-state index contributed by atoms with van der Waals surface area (Å²) in [5.41, 5.74) is 5.74. The number of hydrogen-bond donors (Lipinski definition) is 2. The average Bonchev–Trinajstić information content (AvgIpc) is 2.88. The van der Waals surface area contributed by atoms with Gasteiger partial charge >= 0.3 is 0 Å². The molecule has 7 nitrogen and oxygen atoms in total. The van der Waals surface area contributed by atoms with E-state index in [4.69, 9.17) is 10.2 Å². The van der Waals surface area contributed by atoms with Crippen LogP contribution in [-0.4, -0.2) is 16.2 Å². The highest BCUT2D eigenvalue weighted by atomic mass is 16.6. The molecule has 16 heavy (non-hydrogen) atoms. The number of nitrogens with zero attached hydrogens (tertiary/aromatic N) is 2. The molecule has 3 N–H and O–H groups in total. The van der Waals surface area contributed by atoms with Gasteiger partial charge in [-0.1, -0.05) is 5.16 Å². The highest BCUT2D eigenvalue weighted by Gasteiger charge is 2.11. The predicted octanol–water partition coefficient (Wildman–Crippen LogP) is 0.104. The quantitative estimate of drug-likeness (QED) is 0.759. The average molecular weight is 222 g/mol. The Morgan fingerprint density at radius 3 is 3.00 bits per heavy atom. The van der Waals surface area contributed by atoms with Gasteiger partial charge in [0.2, 0.25) is 5.91 Å². The standard InChI is InChI=1S/C9H10N4O3/c10-9-7(12-16-13-9)4-8(14)11-5-6-2-1-3-15-6/h1-3H,4-5H2,(H2,10,13)(H,11,14). The molecule has 0 aliphatic rings. The number of nitrogens with one attached hydrogen (secondary N) is 1. The van der Waals surface area contributed by atoms with Crippen LogP contribution in [0.3, 0.4) is 0 Å². The molecular weight excluding hydrogens is 212 g/mol. The van der Waals surface area contributed by atoms with Crippen molar-refractivity contribution in [3.63, 3.8) is 0 Å². The van der Waals surface area contributed by atoms with Crippen molar-refractivity contribution in [1.82, 2.24) is 15.6 Å². The second-order valence-corrected chi connectivity index (χ2v) is 3.13. The van der Waals surface area contributed by atoms with Crippen LogP contribution in [0.25, 0.3) is 0 Å². The second kappa shape index (κ2) is 4.47. The summed E-state index contributed by atoms with van der Waals surface area (Å²) in [6.07, 6.45) is 1.58. The number of anilines is 1. The molecule has 2 heterocycles. The number of aromatic nitrogens is 2. The highest BCUT2D eigenvalue weighted by Crippen LogP contribution is 2.05. The third kappa shape index (κ3) is 2.38. The Labute approximate surface area is 90.6 Å². The predicted molar refractivity (Wildman–Crippen MR) is 53.0 cm³/mol. The van der Waals surface area contributed by atoms with Crippen LogP contribution >= 0.6 is 0 Å². The molecule has 0 bridgehead atoms. The third-order valence-electron chi connectivity index (χ3n) is 1.95. The van der Waals surface area contributed by atoms with Crippen molar-refractivity contribution in [2.75, 3.05) is 5.73 Å². The third-order valence-corrected chi connectivity index (χ3v) is 1.95. The van der Waals surface area contributed by atoms with E-state index in [2.05, 4.69) is 20.3 Å². The summed E-state index contributed by atoms with van der Waals surface area (Å²) in [5.74, 6) is 0.589. The van der Waals surface area contributed by atoms with Crippen LogP contribution in [0.4, 0.5) is 5.82 Å². The van der Waals surface area contributed by atoms with E-state index in [1.807, 2.05) is 0 Å². The molecule has 0 fully saturated rings. The summed E-state index contributed by atoms with van der Waals surface area (Å²) in [6, 6.07) is 3.52. The van der Waals surface area contributed by atoms with Gasteiger partial charge in [0.1, 0.15) is 11.5 Å². The maximum Gasteiger partial charge on any atom is 0.226 e. The molecule has 84 valence electrons. The molecule has 0 unspecified atom stereocenters. The lowest BCUT2D eigenvalue weighted by atomic mass is 10.3. The SMILES string of the molecule is Nc1nonc1CC(=O)NCc1ccco1. The maximum atomic E-state index is 11.4. The van der Waals surface area contributed by atoms with Crippen molar-refractivity contribution in [2.24, 2.45) is 0 Å². The molecule has 0 radical (unpaired) electrons. The number of carbonyl (C=O) groups excluding carboxylic acids is 1. The van der Waals surface area contributed by atoms with Crippen molar-refractivity contribution in [1.29, 1.82) is 0 Å². The minimum atomic E-state index is -0.223. The zero-order valence-electron chi connectivity index (χ0n) is 8.34. The number of rotatable bonds is 4. The fourth-order valence-electron chi connectivity index (χ4n) is 1.15. The number of amides is 1. The van der Waals surface area contributed by atoms with Gasteiger partial charge in [0.25, 0.3) is 0 Å². The van der Waals surface area contributed by atoms with E-state index in [0.717, 1.165) is 0 Å². The highest BCUT2D eigenvalue weighted by molar-refractivity contribution is 5.78. The minimum Gasteiger partial charge on any atom is -0.467 e. The van der Waals surface area contributed by atoms with E-state index in [1.165, 1.54) is 0 Å². The molecule has 1 amide bonds. The van der Waals surface area contributed by atoms with Gasteiger partial charge in [-0.05, 0) is 17.3 Å². The Bertz CT molecular complexity index is 463. The number of nitrogen functional groups attached to an aromatic ring is 1. The summed E-state index contributed by atoms with van der Waals surface area (Å²) in [7, 11) is 0. The normalized spacial score (nSPS) is 10.2.